The maximum atomic E-state index is 5.96. The molecule has 5 heteroatoms. The summed E-state index contributed by atoms with van der Waals surface area (Å²) < 4.78 is 1.97. The van der Waals surface area contributed by atoms with E-state index in [4.69, 9.17) is 5.73 Å². The third-order valence-corrected chi connectivity index (χ3v) is 3.95. The monoisotopic (exact) mass is 251 g/mol. The molecule has 1 saturated heterocycles. The highest BCUT2D eigenvalue weighted by Gasteiger charge is 2.29. The molecule has 1 aromatic heterocycles. The number of rotatable bonds is 5. The van der Waals surface area contributed by atoms with Gasteiger partial charge >= 0.3 is 0 Å². The van der Waals surface area contributed by atoms with Crippen molar-refractivity contribution < 1.29 is 0 Å². The molecule has 1 aliphatic heterocycles. The average Bonchev–Trinajstić information content (AvgIpc) is 2.99. The lowest BCUT2D eigenvalue weighted by molar-refractivity contribution is 0.220. The van der Waals surface area contributed by atoms with E-state index in [-0.39, 0.29) is 0 Å². The summed E-state index contributed by atoms with van der Waals surface area (Å²) in [4.78, 5) is 4.80. The molecule has 0 bridgehead atoms. The summed E-state index contributed by atoms with van der Waals surface area (Å²) in [5.74, 6) is 0. The van der Waals surface area contributed by atoms with Gasteiger partial charge in [-0.15, -0.1) is 0 Å². The van der Waals surface area contributed by atoms with E-state index in [1.807, 2.05) is 10.9 Å². The number of aryl methyl sites for hydroxylation is 1. The van der Waals surface area contributed by atoms with Gasteiger partial charge in [-0.2, -0.15) is 5.10 Å². The molecular weight excluding hydrogens is 226 g/mol. The number of likely N-dealkylation sites (tertiary alicyclic amines) is 1. The largest absolute Gasteiger partial charge is 0.329 e. The van der Waals surface area contributed by atoms with Crippen LogP contribution in [0.5, 0.6) is 0 Å². The second kappa shape index (κ2) is 5.82. The third kappa shape index (κ3) is 2.74. The number of nitrogens with zero attached hydrogens (tertiary/aromatic N) is 4. The normalized spacial score (nSPS) is 22.8. The molecule has 1 aromatic rings. The maximum Gasteiger partial charge on any atom is 0.0538 e. The molecule has 1 aliphatic rings. The number of likely N-dealkylation sites (N-methyl/N-ethyl adjacent to an activating group) is 1. The summed E-state index contributed by atoms with van der Waals surface area (Å²) >= 11 is 0. The molecule has 0 saturated carbocycles. The Balaban J connectivity index is 2.05. The first-order chi connectivity index (χ1) is 8.65. The van der Waals surface area contributed by atoms with Crippen LogP contribution in [-0.2, 0) is 6.54 Å². The van der Waals surface area contributed by atoms with Crippen molar-refractivity contribution in [2.24, 2.45) is 5.73 Å². The van der Waals surface area contributed by atoms with Crippen molar-refractivity contribution in [3.05, 3.63) is 18.0 Å². The molecule has 2 heterocycles. The van der Waals surface area contributed by atoms with Gasteiger partial charge in [-0.1, -0.05) is 0 Å². The van der Waals surface area contributed by atoms with Gasteiger partial charge in [0.15, 0.2) is 0 Å². The minimum atomic E-state index is 0.315. The zero-order chi connectivity index (χ0) is 13.1. The Bertz CT molecular complexity index is 373. The molecule has 102 valence electrons. The van der Waals surface area contributed by atoms with Crippen LogP contribution in [0.1, 0.15) is 24.9 Å². The van der Waals surface area contributed by atoms with E-state index in [9.17, 15) is 0 Å². The predicted molar refractivity (Wildman–Crippen MR) is 73.4 cm³/mol. The van der Waals surface area contributed by atoms with E-state index in [0.29, 0.717) is 18.6 Å². The molecule has 0 aromatic carbocycles. The van der Waals surface area contributed by atoms with Gasteiger partial charge in [0.2, 0.25) is 0 Å². The lowest BCUT2D eigenvalue weighted by atomic mass is 10.1. The van der Waals surface area contributed by atoms with Crippen LogP contribution in [0.25, 0.3) is 0 Å². The fourth-order valence-corrected chi connectivity index (χ4v) is 2.69. The second-order valence-corrected chi connectivity index (χ2v) is 5.28. The van der Waals surface area contributed by atoms with Gasteiger partial charge in [0.05, 0.1) is 12.2 Å². The third-order valence-electron chi connectivity index (χ3n) is 3.95. The molecule has 0 aliphatic carbocycles. The van der Waals surface area contributed by atoms with Crippen LogP contribution < -0.4 is 5.73 Å². The Morgan fingerprint density at radius 3 is 2.83 bits per heavy atom. The van der Waals surface area contributed by atoms with Crippen LogP contribution in [0.2, 0.25) is 0 Å². The number of nitrogens with two attached hydrogens (primary N) is 1. The molecule has 2 N–H and O–H groups in total. The van der Waals surface area contributed by atoms with Crippen LogP contribution in [0.3, 0.4) is 0 Å². The summed E-state index contributed by atoms with van der Waals surface area (Å²) in [6.45, 7) is 5.91. The molecule has 0 radical (unpaired) electrons. The van der Waals surface area contributed by atoms with Gasteiger partial charge in [-0.3, -0.25) is 9.58 Å². The maximum absolute atomic E-state index is 5.96. The van der Waals surface area contributed by atoms with Crippen molar-refractivity contribution in [2.75, 3.05) is 33.7 Å². The second-order valence-electron chi connectivity index (χ2n) is 5.28. The van der Waals surface area contributed by atoms with Crippen LogP contribution in [-0.4, -0.2) is 59.4 Å². The lowest BCUT2D eigenvalue weighted by Gasteiger charge is -2.27. The standard InChI is InChI=1S/C13H25N5/c1-4-18-9-11(8-15-18)13(7-14)17-6-5-12(10-17)16(2)3/h8-9,12-13H,4-7,10,14H2,1-3H3. The number of hydrogen-bond donors (Lipinski definition) is 1. The average molecular weight is 251 g/mol. The summed E-state index contributed by atoms with van der Waals surface area (Å²) in [6.07, 6.45) is 5.32. The van der Waals surface area contributed by atoms with Crippen LogP contribution in [0.15, 0.2) is 12.4 Å². The number of aromatic nitrogens is 2. The first kappa shape index (κ1) is 13.5. The van der Waals surface area contributed by atoms with Crippen LogP contribution in [0, 0.1) is 0 Å². The molecule has 0 amide bonds. The molecule has 2 rings (SSSR count). The van der Waals surface area contributed by atoms with Crippen molar-refractivity contribution in [2.45, 2.75) is 32.0 Å². The zero-order valence-corrected chi connectivity index (χ0v) is 11.7. The predicted octanol–water partition coefficient (Wildman–Crippen LogP) is 0.539. The lowest BCUT2D eigenvalue weighted by Crippen LogP contribution is -2.35. The fourth-order valence-electron chi connectivity index (χ4n) is 2.69. The first-order valence-corrected chi connectivity index (χ1v) is 6.78. The molecule has 0 spiro atoms. The van der Waals surface area contributed by atoms with Gasteiger partial charge in [-0.05, 0) is 27.4 Å². The fraction of sp³-hybridized carbons (Fsp3) is 0.769. The summed E-state index contributed by atoms with van der Waals surface area (Å²) in [5.41, 5.74) is 7.21. The smallest absolute Gasteiger partial charge is 0.0538 e. The molecule has 18 heavy (non-hydrogen) atoms. The molecule has 2 atom stereocenters. The van der Waals surface area contributed by atoms with E-state index < -0.39 is 0 Å². The van der Waals surface area contributed by atoms with Gasteiger partial charge in [0.25, 0.3) is 0 Å². The van der Waals surface area contributed by atoms with Crippen LogP contribution in [0.4, 0.5) is 0 Å². The Morgan fingerprint density at radius 2 is 2.33 bits per heavy atom. The SMILES string of the molecule is CCn1cc(C(CN)N2CCC(N(C)C)C2)cn1. The van der Waals surface area contributed by atoms with E-state index in [1.54, 1.807) is 0 Å². The molecule has 5 nitrogen and oxygen atoms in total. The quantitative estimate of drug-likeness (QED) is 0.830. The van der Waals surface area contributed by atoms with Crippen molar-refractivity contribution in [1.82, 2.24) is 19.6 Å². The highest BCUT2D eigenvalue weighted by molar-refractivity contribution is 5.12. The van der Waals surface area contributed by atoms with Crippen molar-refractivity contribution in [3.63, 3.8) is 0 Å². The van der Waals surface area contributed by atoms with E-state index >= 15 is 0 Å². The summed E-state index contributed by atoms with van der Waals surface area (Å²) in [6, 6.07) is 0.968. The minimum Gasteiger partial charge on any atom is -0.329 e. The van der Waals surface area contributed by atoms with Crippen molar-refractivity contribution in [3.8, 4) is 0 Å². The Labute approximate surface area is 110 Å². The van der Waals surface area contributed by atoms with Gasteiger partial charge in [0, 0.05) is 44.0 Å². The van der Waals surface area contributed by atoms with Crippen molar-refractivity contribution >= 4 is 0 Å². The molecular formula is C13H25N5. The summed E-state index contributed by atoms with van der Waals surface area (Å²) in [5, 5.41) is 4.35. The molecule has 2 unspecified atom stereocenters. The van der Waals surface area contributed by atoms with E-state index in [2.05, 4.69) is 42.1 Å². The minimum absolute atomic E-state index is 0.315. The first-order valence-electron chi connectivity index (χ1n) is 6.78. The Morgan fingerprint density at radius 1 is 1.56 bits per heavy atom. The Kier molecular flexibility index (Phi) is 4.37. The highest BCUT2D eigenvalue weighted by Crippen LogP contribution is 2.25. The van der Waals surface area contributed by atoms with E-state index in [1.165, 1.54) is 12.0 Å². The Hall–Kier alpha value is -0.910. The van der Waals surface area contributed by atoms with Gasteiger partial charge in [0.1, 0.15) is 0 Å². The van der Waals surface area contributed by atoms with Crippen LogP contribution >= 0.6 is 0 Å². The van der Waals surface area contributed by atoms with Gasteiger partial charge < -0.3 is 10.6 Å². The topological polar surface area (TPSA) is 50.3 Å². The summed E-state index contributed by atoms with van der Waals surface area (Å²) in [7, 11) is 4.31. The zero-order valence-electron chi connectivity index (χ0n) is 11.7. The highest BCUT2D eigenvalue weighted by atomic mass is 15.3. The number of hydrogen-bond acceptors (Lipinski definition) is 4. The van der Waals surface area contributed by atoms with Gasteiger partial charge in [-0.25, -0.2) is 0 Å². The van der Waals surface area contributed by atoms with Crippen molar-refractivity contribution in [1.29, 1.82) is 0 Å². The van der Waals surface area contributed by atoms with E-state index in [0.717, 1.165) is 19.6 Å². The molecule has 1 fully saturated rings.